The maximum absolute atomic E-state index is 12.4. The number of nitrogens with one attached hydrogen (secondary N) is 1. The molecule has 0 aromatic rings. The lowest BCUT2D eigenvalue weighted by Crippen LogP contribution is -2.53. The van der Waals surface area contributed by atoms with E-state index < -0.39 is 36.9 Å². The van der Waals surface area contributed by atoms with Crippen molar-refractivity contribution in [3.63, 3.8) is 0 Å². The van der Waals surface area contributed by atoms with Crippen LogP contribution in [0.25, 0.3) is 0 Å². The van der Waals surface area contributed by atoms with Crippen molar-refractivity contribution in [3.8, 4) is 0 Å². The summed E-state index contributed by atoms with van der Waals surface area (Å²) in [5.74, 6) is 0.192. The Bertz CT molecular complexity index is 602. The van der Waals surface area contributed by atoms with Gasteiger partial charge in [0.05, 0.1) is 18.8 Å². The van der Waals surface area contributed by atoms with Gasteiger partial charge in [0.25, 0.3) is 0 Å². The van der Waals surface area contributed by atoms with Crippen LogP contribution in [0.4, 0.5) is 0 Å². The van der Waals surface area contributed by atoms with E-state index in [1.807, 2.05) is 0 Å². The highest BCUT2D eigenvalue weighted by molar-refractivity contribution is 5.80. The average molecular weight is 628 g/mol. The Balaban J connectivity index is 3.73. The molecule has 0 saturated heterocycles. The molecule has 0 bridgehead atoms. The third kappa shape index (κ3) is 27.6. The van der Waals surface area contributed by atoms with Crippen molar-refractivity contribution in [3.05, 3.63) is 0 Å². The first kappa shape index (κ1) is 43.3. The second-order valence-electron chi connectivity index (χ2n) is 14.1. The van der Waals surface area contributed by atoms with Gasteiger partial charge < -0.3 is 25.7 Å². The summed E-state index contributed by atoms with van der Waals surface area (Å²) in [5.41, 5.74) is 0. The van der Waals surface area contributed by atoms with Crippen LogP contribution in [-0.4, -0.2) is 57.3 Å². The van der Waals surface area contributed by atoms with Gasteiger partial charge in [-0.25, -0.2) is 0 Å². The molecule has 0 aliphatic carbocycles. The fourth-order valence-electron chi connectivity index (χ4n) is 6.12. The molecule has 44 heavy (non-hydrogen) atoms. The van der Waals surface area contributed by atoms with Crippen molar-refractivity contribution >= 4 is 5.91 Å². The lowest BCUT2D eigenvalue weighted by Gasteiger charge is -2.27. The molecule has 0 aromatic carbocycles. The van der Waals surface area contributed by atoms with Gasteiger partial charge in [0.1, 0.15) is 12.2 Å². The minimum absolute atomic E-state index is 0.374. The topological polar surface area (TPSA) is 110 Å². The molecule has 0 rings (SSSR count). The van der Waals surface area contributed by atoms with Gasteiger partial charge in [-0.3, -0.25) is 4.79 Å². The number of carbonyl (C=O) groups is 1. The SMILES string of the molecule is CCCCCCCCCCCCCCCCCCCCC(O)C(=O)NC(CO)C(O)C(O)CCCCCCCCCC(C)C. The predicted octanol–water partition coefficient (Wildman–Crippen LogP) is 9.14. The monoisotopic (exact) mass is 628 g/mol. The fraction of sp³-hybridized carbons (Fsp3) is 0.974. The normalized spacial score (nSPS) is 14.5. The van der Waals surface area contributed by atoms with Gasteiger partial charge in [0.2, 0.25) is 5.91 Å². The number of hydrogen-bond donors (Lipinski definition) is 5. The Morgan fingerprint density at radius 2 is 0.864 bits per heavy atom. The third-order valence-corrected chi connectivity index (χ3v) is 9.25. The van der Waals surface area contributed by atoms with Crippen molar-refractivity contribution in [2.45, 2.75) is 225 Å². The zero-order chi connectivity index (χ0) is 32.7. The number of unbranched alkanes of at least 4 members (excludes halogenated alkanes) is 23. The summed E-state index contributed by atoms with van der Waals surface area (Å²) in [6.45, 7) is 6.32. The van der Waals surface area contributed by atoms with Crippen molar-refractivity contribution in [1.29, 1.82) is 0 Å². The molecule has 5 N–H and O–H groups in total. The van der Waals surface area contributed by atoms with Crippen LogP contribution >= 0.6 is 0 Å². The predicted molar refractivity (Wildman–Crippen MR) is 187 cm³/mol. The maximum Gasteiger partial charge on any atom is 0.249 e. The first-order valence-electron chi connectivity index (χ1n) is 19.3. The van der Waals surface area contributed by atoms with Crippen molar-refractivity contribution in [2.24, 2.45) is 5.92 Å². The highest BCUT2D eigenvalue weighted by Gasteiger charge is 2.28. The van der Waals surface area contributed by atoms with E-state index in [9.17, 15) is 25.2 Å². The van der Waals surface area contributed by atoms with E-state index in [1.54, 1.807) is 0 Å². The summed E-state index contributed by atoms with van der Waals surface area (Å²) in [5, 5.41) is 43.4. The van der Waals surface area contributed by atoms with Crippen LogP contribution in [-0.2, 0) is 4.79 Å². The van der Waals surface area contributed by atoms with Crippen LogP contribution in [0, 0.1) is 5.92 Å². The Kier molecular flexibility index (Phi) is 31.8. The number of aliphatic hydroxyl groups excluding tert-OH is 4. The van der Waals surface area contributed by atoms with Crippen LogP contribution in [0.2, 0.25) is 0 Å². The summed E-state index contributed by atoms with van der Waals surface area (Å²) in [4.78, 5) is 12.4. The molecule has 0 fully saturated rings. The van der Waals surface area contributed by atoms with E-state index in [4.69, 9.17) is 0 Å². The number of aliphatic hydroxyl groups is 4. The fourth-order valence-corrected chi connectivity index (χ4v) is 6.12. The Labute approximate surface area is 273 Å². The number of amides is 1. The summed E-state index contributed by atoms with van der Waals surface area (Å²) in [7, 11) is 0. The van der Waals surface area contributed by atoms with Crippen LogP contribution in [0.3, 0.4) is 0 Å². The highest BCUT2D eigenvalue weighted by atomic mass is 16.3. The summed E-state index contributed by atoms with van der Waals surface area (Å²) >= 11 is 0. The van der Waals surface area contributed by atoms with Gasteiger partial charge in [-0.2, -0.15) is 0 Å². The Hall–Kier alpha value is -0.690. The zero-order valence-electron chi connectivity index (χ0n) is 29.6. The lowest BCUT2D eigenvalue weighted by molar-refractivity contribution is -0.132. The molecule has 4 unspecified atom stereocenters. The molecule has 0 aliphatic rings. The molecule has 0 heterocycles. The van der Waals surface area contributed by atoms with Crippen molar-refractivity contribution in [1.82, 2.24) is 5.32 Å². The first-order valence-corrected chi connectivity index (χ1v) is 19.3. The van der Waals surface area contributed by atoms with Crippen LogP contribution in [0.1, 0.15) is 201 Å². The van der Waals surface area contributed by atoms with Gasteiger partial charge in [-0.05, 0) is 18.8 Å². The summed E-state index contributed by atoms with van der Waals surface area (Å²) in [6.07, 6.45) is 30.0. The van der Waals surface area contributed by atoms with E-state index in [0.29, 0.717) is 12.8 Å². The first-order chi connectivity index (χ1) is 21.3. The Morgan fingerprint density at radius 1 is 0.523 bits per heavy atom. The molecule has 0 saturated carbocycles. The zero-order valence-corrected chi connectivity index (χ0v) is 29.6. The molecule has 4 atom stereocenters. The minimum Gasteiger partial charge on any atom is -0.394 e. The average Bonchev–Trinajstić information content (AvgIpc) is 3.01. The van der Waals surface area contributed by atoms with Gasteiger partial charge in [0, 0.05) is 0 Å². The van der Waals surface area contributed by atoms with E-state index in [2.05, 4.69) is 26.1 Å². The molecule has 0 spiro atoms. The van der Waals surface area contributed by atoms with Gasteiger partial charge >= 0.3 is 0 Å². The molecule has 6 heteroatoms. The van der Waals surface area contributed by atoms with Crippen molar-refractivity contribution < 1.29 is 25.2 Å². The van der Waals surface area contributed by atoms with Gasteiger partial charge in [-0.1, -0.05) is 188 Å². The number of rotatable bonds is 34. The van der Waals surface area contributed by atoms with Crippen LogP contribution in [0.15, 0.2) is 0 Å². The van der Waals surface area contributed by atoms with E-state index in [0.717, 1.165) is 44.4 Å². The van der Waals surface area contributed by atoms with E-state index in [-0.39, 0.29) is 0 Å². The number of hydrogen-bond acceptors (Lipinski definition) is 5. The van der Waals surface area contributed by atoms with Crippen LogP contribution < -0.4 is 5.32 Å². The third-order valence-electron chi connectivity index (χ3n) is 9.25. The molecular formula is C38H77NO5. The van der Waals surface area contributed by atoms with Gasteiger partial charge in [-0.15, -0.1) is 0 Å². The molecule has 0 aliphatic heterocycles. The quantitative estimate of drug-likeness (QED) is 0.0457. The van der Waals surface area contributed by atoms with Crippen molar-refractivity contribution in [2.75, 3.05) is 6.61 Å². The van der Waals surface area contributed by atoms with E-state index >= 15 is 0 Å². The maximum atomic E-state index is 12.4. The second kappa shape index (κ2) is 32.3. The van der Waals surface area contributed by atoms with E-state index in [1.165, 1.54) is 128 Å². The molecular weight excluding hydrogens is 550 g/mol. The standard InChI is InChI=1S/C38H77NO5/c1-4-5-6-7-8-9-10-11-12-13-14-15-16-17-18-21-25-28-31-36(42)38(44)39-34(32-40)37(43)35(41)30-27-24-22-19-20-23-26-29-33(2)3/h33-37,40-43H,4-32H2,1-3H3,(H,39,44). The Morgan fingerprint density at radius 3 is 1.23 bits per heavy atom. The molecule has 1 amide bonds. The van der Waals surface area contributed by atoms with Crippen LogP contribution in [0.5, 0.6) is 0 Å². The summed E-state index contributed by atoms with van der Waals surface area (Å²) < 4.78 is 0. The smallest absolute Gasteiger partial charge is 0.249 e. The number of carbonyl (C=O) groups excluding carboxylic acids is 1. The summed E-state index contributed by atoms with van der Waals surface area (Å²) in [6, 6.07) is -0.978. The van der Waals surface area contributed by atoms with Gasteiger partial charge in [0.15, 0.2) is 0 Å². The molecule has 0 radical (unpaired) electrons. The lowest BCUT2D eigenvalue weighted by atomic mass is 9.98. The minimum atomic E-state index is -1.25. The second-order valence-corrected chi connectivity index (χ2v) is 14.1. The molecule has 0 aromatic heterocycles. The highest BCUT2D eigenvalue weighted by Crippen LogP contribution is 2.17. The molecule has 6 nitrogen and oxygen atoms in total. The molecule has 264 valence electrons. The largest absolute Gasteiger partial charge is 0.394 e.